The number of aliphatic carboxylic acids is 1. The minimum Gasteiger partial charge on any atom is -0.481 e. The van der Waals surface area contributed by atoms with Crippen molar-refractivity contribution in [3.05, 3.63) is 39.4 Å². The molecule has 2 amide bonds. The van der Waals surface area contributed by atoms with E-state index in [0.717, 1.165) is 0 Å². The number of ether oxygens (including phenoxy) is 1. The SMILES string of the molecule is Cc1cc(C(=O)NNC(=O)[C@@H]2[C@@H](C(=O)O)[C@H]3CC[C@@H]2O3)ccc1[N+](=O)[O-]. The highest BCUT2D eigenvalue weighted by atomic mass is 16.6. The molecule has 0 saturated carbocycles. The van der Waals surface area contributed by atoms with E-state index in [1.165, 1.54) is 25.1 Å². The predicted octanol–water partition coefficient (Wildman–Crippen LogP) is 0.542. The van der Waals surface area contributed by atoms with Crippen molar-refractivity contribution in [1.29, 1.82) is 0 Å². The Morgan fingerprint density at radius 3 is 2.42 bits per heavy atom. The summed E-state index contributed by atoms with van der Waals surface area (Å²) in [5, 5.41) is 20.1. The fourth-order valence-corrected chi connectivity index (χ4v) is 3.60. The first-order chi connectivity index (χ1) is 12.3. The van der Waals surface area contributed by atoms with Gasteiger partial charge in [-0.25, -0.2) is 0 Å². The lowest BCUT2D eigenvalue weighted by Gasteiger charge is -2.23. The van der Waals surface area contributed by atoms with Gasteiger partial charge in [0.1, 0.15) is 0 Å². The Bertz CT molecular complexity index is 794. The fraction of sp³-hybridized carbons (Fsp3) is 0.438. The summed E-state index contributed by atoms with van der Waals surface area (Å²) in [6.45, 7) is 1.50. The number of carbonyl (C=O) groups is 3. The zero-order valence-corrected chi connectivity index (χ0v) is 13.8. The van der Waals surface area contributed by atoms with Gasteiger partial charge in [0.05, 0.1) is 29.0 Å². The summed E-state index contributed by atoms with van der Waals surface area (Å²) >= 11 is 0. The molecule has 2 heterocycles. The third-order valence-corrected chi connectivity index (χ3v) is 4.82. The van der Waals surface area contributed by atoms with Crippen molar-refractivity contribution in [3.63, 3.8) is 0 Å². The number of nitrogens with zero attached hydrogens (tertiary/aromatic N) is 1. The molecule has 0 aliphatic carbocycles. The molecule has 4 atom stereocenters. The lowest BCUT2D eigenvalue weighted by atomic mass is 9.79. The number of hydrogen-bond acceptors (Lipinski definition) is 6. The normalized spacial score (nSPS) is 26.3. The minimum atomic E-state index is -1.10. The molecule has 0 aromatic heterocycles. The Morgan fingerprint density at radius 2 is 1.85 bits per heavy atom. The van der Waals surface area contributed by atoms with Gasteiger partial charge in [0.15, 0.2) is 0 Å². The third-order valence-electron chi connectivity index (χ3n) is 4.82. The van der Waals surface area contributed by atoms with Gasteiger partial charge in [0.2, 0.25) is 5.91 Å². The molecule has 0 unspecified atom stereocenters. The van der Waals surface area contributed by atoms with Gasteiger partial charge in [-0.15, -0.1) is 0 Å². The molecule has 26 heavy (non-hydrogen) atoms. The number of carboxylic acids is 1. The molecule has 2 bridgehead atoms. The topological polar surface area (TPSA) is 148 Å². The van der Waals surface area contributed by atoms with Crippen molar-refractivity contribution in [2.45, 2.75) is 32.0 Å². The van der Waals surface area contributed by atoms with Crippen LogP contribution in [0.1, 0.15) is 28.8 Å². The van der Waals surface area contributed by atoms with Crippen molar-refractivity contribution in [2.75, 3.05) is 0 Å². The van der Waals surface area contributed by atoms with Gasteiger partial charge < -0.3 is 9.84 Å². The number of nitrogens with one attached hydrogen (secondary N) is 2. The maximum absolute atomic E-state index is 12.3. The smallest absolute Gasteiger partial charge is 0.310 e. The molecule has 1 aromatic carbocycles. The van der Waals surface area contributed by atoms with E-state index in [4.69, 9.17) is 4.74 Å². The molecule has 3 rings (SSSR count). The molecule has 1 aromatic rings. The van der Waals surface area contributed by atoms with E-state index in [1.54, 1.807) is 0 Å². The minimum absolute atomic E-state index is 0.117. The summed E-state index contributed by atoms with van der Waals surface area (Å²) in [5.41, 5.74) is 4.77. The zero-order chi connectivity index (χ0) is 19.0. The number of amides is 2. The van der Waals surface area contributed by atoms with Crippen LogP contribution in [-0.2, 0) is 14.3 Å². The first kappa shape index (κ1) is 17.8. The molecule has 2 aliphatic rings. The van der Waals surface area contributed by atoms with Crippen LogP contribution in [0.15, 0.2) is 18.2 Å². The summed E-state index contributed by atoms with van der Waals surface area (Å²) in [5.74, 6) is -4.20. The predicted molar refractivity (Wildman–Crippen MR) is 86.0 cm³/mol. The molecule has 10 heteroatoms. The van der Waals surface area contributed by atoms with Gasteiger partial charge in [0.25, 0.3) is 11.6 Å². The number of carboxylic acid groups (broad SMARTS) is 1. The zero-order valence-electron chi connectivity index (χ0n) is 13.8. The number of hydrazine groups is 1. The second-order valence-electron chi connectivity index (χ2n) is 6.38. The number of benzene rings is 1. The summed E-state index contributed by atoms with van der Waals surface area (Å²) in [7, 11) is 0. The summed E-state index contributed by atoms with van der Waals surface area (Å²) < 4.78 is 5.50. The Morgan fingerprint density at radius 1 is 1.19 bits per heavy atom. The maximum atomic E-state index is 12.3. The fourth-order valence-electron chi connectivity index (χ4n) is 3.60. The van der Waals surface area contributed by atoms with E-state index in [-0.39, 0.29) is 11.3 Å². The van der Waals surface area contributed by atoms with Crippen LogP contribution >= 0.6 is 0 Å². The highest BCUT2D eigenvalue weighted by Gasteiger charge is 2.55. The van der Waals surface area contributed by atoms with E-state index in [2.05, 4.69) is 10.9 Å². The van der Waals surface area contributed by atoms with Crippen molar-refractivity contribution in [1.82, 2.24) is 10.9 Å². The first-order valence-electron chi connectivity index (χ1n) is 8.03. The van der Waals surface area contributed by atoms with Crippen LogP contribution in [0.4, 0.5) is 5.69 Å². The number of nitro benzene ring substituents is 1. The number of nitro groups is 1. The molecule has 0 radical (unpaired) electrons. The lowest BCUT2D eigenvalue weighted by molar-refractivity contribution is -0.385. The summed E-state index contributed by atoms with van der Waals surface area (Å²) in [4.78, 5) is 46.1. The highest BCUT2D eigenvalue weighted by molar-refractivity contribution is 5.96. The van der Waals surface area contributed by atoms with Gasteiger partial charge in [0, 0.05) is 17.2 Å². The molecule has 2 saturated heterocycles. The number of aryl methyl sites for hydroxylation is 1. The van der Waals surface area contributed by atoms with Crippen molar-refractivity contribution in [3.8, 4) is 0 Å². The monoisotopic (exact) mass is 363 g/mol. The largest absolute Gasteiger partial charge is 0.481 e. The molecule has 10 nitrogen and oxygen atoms in total. The molecule has 0 spiro atoms. The van der Waals surface area contributed by atoms with Crippen molar-refractivity contribution in [2.24, 2.45) is 11.8 Å². The molecule has 2 aliphatic heterocycles. The molecule has 138 valence electrons. The quantitative estimate of drug-likeness (QED) is 0.522. The standard InChI is InChI=1S/C16H17N3O7/c1-7-6-8(2-3-9(7)19(24)25)14(20)17-18-15(21)12-10-4-5-11(26-10)13(12)16(22)23/h2-3,6,10-13H,4-5H2,1H3,(H,17,20)(H,18,21)(H,22,23)/t10-,11+,12-,13-/m0/s1. The number of rotatable bonds is 4. The molecule has 2 fully saturated rings. The van der Waals surface area contributed by atoms with Crippen LogP contribution in [0.2, 0.25) is 0 Å². The van der Waals surface area contributed by atoms with Crippen LogP contribution in [0.5, 0.6) is 0 Å². The first-order valence-corrected chi connectivity index (χ1v) is 8.03. The second kappa shape index (κ2) is 6.71. The van der Waals surface area contributed by atoms with Gasteiger partial charge in [-0.3, -0.25) is 35.3 Å². The lowest BCUT2D eigenvalue weighted by Crippen LogP contribution is -2.50. The number of carbonyl (C=O) groups excluding carboxylic acids is 2. The highest BCUT2D eigenvalue weighted by Crippen LogP contribution is 2.43. The average Bonchev–Trinajstić information content (AvgIpc) is 3.20. The Labute approximate surface area is 147 Å². The molecular weight excluding hydrogens is 346 g/mol. The van der Waals surface area contributed by atoms with E-state index < -0.39 is 46.8 Å². The van der Waals surface area contributed by atoms with Crippen LogP contribution in [0, 0.1) is 28.9 Å². The van der Waals surface area contributed by atoms with E-state index in [0.29, 0.717) is 18.4 Å². The summed E-state index contributed by atoms with van der Waals surface area (Å²) in [6, 6.07) is 3.81. The van der Waals surface area contributed by atoms with Crippen LogP contribution in [0.3, 0.4) is 0 Å². The van der Waals surface area contributed by atoms with Gasteiger partial charge in [-0.2, -0.15) is 0 Å². The molecular formula is C16H17N3O7. The third kappa shape index (κ3) is 3.10. The molecule has 3 N–H and O–H groups in total. The number of hydrogen-bond donors (Lipinski definition) is 3. The Hall–Kier alpha value is -3.01. The van der Waals surface area contributed by atoms with E-state index in [9.17, 15) is 29.6 Å². The van der Waals surface area contributed by atoms with Crippen LogP contribution in [-0.4, -0.2) is 40.0 Å². The average molecular weight is 363 g/mol. The van der Waals surface area contributed by atoms with E-state index in [1.807, 2.05) is 0 Å². The second-order valence-corrected chi connectivity index (χ2v) is 6.38. The van der Waals surface area contributed by atoms with Crippen molar-refractivity contribution >= 4 is 23.5 Å². The van der Waals surface area contributed by atoms with Crippen LogP contribution < -0.4 is 10.9 Å². The maximum Gasteiger partial charge on any atom is 0.310 e. The summed E-state index contributed by atoms with van der Waals surface area (Å²) in [6.07, 6.45) is 0.239. The van der Waals surface area contributed by atoms with Gasteiger partial charge in [-0.05, 0) is 31.9 Å². The van der Waals surface area contributed by atoms with Crippen molar-refractivity contribution < 1.29 is 29.2 Å². The Balaban J connectivity index is 1.64. The Kier molecular flexibility index (Phi) is 4.60. The van der Waals surface area contributed by atoms with Gasteiger partial charge in [-0.1, -0.05) is 0 Å². The van der Waals surface area contributed by atoms with Gasteiger partial charge >= 0.3 is 5.97 Å². The van der Waals surface area contributed by atoms with E-state index >= 15 is 0 Å². The number of fused-ring (bicyclic) bond motifs is 2. The van der Waals surface area contributed by atoms with Crippen LogP contribution in [0.25, 0.3) is 0 Å².